The predicted octanol–water partition coefficient (Wildman–Crippen LogP) is 13.0. The van der Waals surface area contributed by atoms with Crippen LogP contribution in [0.3, 0.4) is 0 Å². The first-order valence-electron chi connectivity index (χ1n) is 24.4. The van der Waals surface area contributed by atoms with Gasteiger partial charge in [-0.05, 0) is 169 Å². The summed E-state index contributed by atoms with van der Waals surface area (Å²) < 4.78 is 6.86. The van der Waals surface area contributed by atoms with Gasteiger partial charge in [-0.2, -0.15) is 11.8 Å². The molecular formula is C48H79NOS. The summed E-state index contributed by atoms with van der Waals surface area (Å²) in [4.78, 5) is 3.34. The molecule has 0 spiro atoms. The molecule has 0 aromatic carbocycles. The van der Waals surface area contributed by atoms with Gasteiger partial charge < -0.3 is 4.74 Å². The fraction of sp³-hybridized carbons (Fsp3) is 1.00. The number of fused-ring (bicyclic) bond motifs is 7. The van der Waals surface area contributed by atoms with Crippen LogP contribution in [0.25, 0.3) is 0 Å². The molecule has 0 aromatic heterocycles. The normalized spacial score (nSPS) is 49.9. The topological polar surface area (TPSA) is 12.5 Å². The zero-order valence-corrected chi connectivity index (χ0v) is 33.8. The highest BCUT2D eigenvalue weighted by molar-refractivity contribution is 8.00. The Balaban J connectivity index is 0.801. The summed E-state index contributed by atoms with van der Waals surface area (Å²) in [6.45, 7) is 0. The molecule has 10 fully saturated rings. The molecule has 10 aliphatic rings. The van der Waals surface area contributed by atoms with Crippen molar-refractivity contribution < 1.29 is 4.74 Å². The van der Waals surface area contributed by atoms with Crippen LogP contribution in [0, 0.1) is 59.2 Å². The van der Waals surface area contributed by atoms with Gasteiger partial charge in [0, 0.05) is 34.5 Å². The summed E-state index contributed by atoms with van der Waals surface area (Å²) in [6, 6.07) is 2.74. The van der Waals surface area contributed by atoms with E-state index in [1.54, 1.807) is 122 Å². The average molecular weight is 718 g/mol. The fourth-order valence-electron chi connectivity index (χ4n) is 16.8. The van der Waals surface area contributed by atoms with Crippen LogP contribution in [-0.4, -0.2) is 45.7 Å². The molecule has 0 radical (unpaired) electrons. The van der Waals surface area contributed by atoms with Crippen molar-refractivity contribution in [1.29, 1.82) is 0 Å². The molecule has 0 bridgehead atoms. The first-order valence-corrected chi connectivity index (χ1v) is 25.3. The molecule has 0 N–H and O–H groups in total. The smallest absolute Gasteiger partial charge is 0.0621 e. The second-order valence-electron chi connectivity index (χ2n) is 21.3. The Morgan fingerprint density at radius 1 is 0.314 bits per heavy atom. The third-order valence-corrected chi connectivity index (χ3v) is 21.1. The molecule has 10 rings (SSSR count). The van der Waals surface area contributed by atoms with E-state index in [0.717, 1.165) is 87.8 Å². The maximum Gasteiger partial charge on any atom is 0.0621 e. The molecule has 8 saturated carbocycles. The molecule has 9 unspecified atom stereocenters. The standard InChI is InChI=1S/C48H79NOS/c1-3-10-32(11-4-1)34-18-24-37(25-19-34)49(38-26-20-35(21-27-38)33-12-5-2-6-13-33)39-28-22-36(23-29-39)40-15-9-16-41-42-30-31-45-46(48(42)51-47(40)41)43-14-7-8-17-44(43)50-45/h32-48H,1-31H2. The van der Waals surface area contributed by atoms with Gasteiger partial charge in [-0.1, -0.05) is 83.5 Å². The van der Waals surface area contributed by atoms with E-state index in [4.69, 9.17) is 4.74 Å². The number of nitrogens with zero attached hydrogens (tertiary/aromatic N) is 1. The largest absolute Gasteiger partial charge is 0.374 e. The molecule has 9 atom stereocenters. The molecular weight excluding hydrogens is 639 g/mol. The van der Waals surface area contributed by atoms with Crippen molar-refractivity contribution in [1.82, 2.24) is 4.90 Å². The zero-order valence-electron chi connectivity index (χ0n) is 33.0. The van der Waals surface area contributed by atoms with Crippen LogP contribution >= 0.6 is 11.8 Å². The number of rotatable bonds is 6. The highest BCUT2D eigenvalue weighted by atomic mass is 32.2. The molecule has 51 heavy (non-hydrogen) atoms. The maximum absolute atomic E-state index is 6.86. The minimum absolute atomic E-state index is 0.627. The first-order chi connectivity index (χ1) is 25.3. The van der Waals surface area contributed by atoms with Gasteiger partial charge in [-0.3, -0.25) is 4.90 Å². The average Bonchev–Trinajstić information content (AvgIpc) is 3.78. The molecule has 288 valence electrons. The number of ether oxygens (including phenoxy) is 1. The molecule has 0 amide bonds. The minimum atomic E-state index is 0.627. The highest BCUT2D eigenvalue weighted by Crippen LogP contribution is 2.63. The van der Waals surface area contributed by atoms with Gasteiger partial charge in [0.2, 0.25) is 0 Å². The fourth-order valence-corrected chi connectivity index (χ4v) is 19.3. The van der Waals surface area contributed by atoms with Gasteiger partial charge in [-0.15, -0.1) is 0 Å². The molecule has 2 aliphatic heterocycles. The van der Waals surface area contributed by atoms with Crippen molar-refractivity contribution in [2.24, 2.45) is 59.2 Å². The Labute approximate surface area is 319 Å². The summed E-state index contributed by atoms with van der Waals surface area (Å²) >= 11 is 2.60. The van der Waals surface area contributed by atoms with E-state index in [1.807, 2.05) is 0 Å². The van der Waals surface area contributed by atoms with Gasteiger partial charge in [-0.25, -0.2) is 0 Å². The van der Waals surface area contributed by atoms with E-state index in [0.29, 0.717) is 12.2 Å². The summed E-state index contributed by atoms with van der Waals surface area (Å²) in [7, 11) is 0. The van der Waals surface area contributed by atoms with Gasteiger partial charge in [0.05, 0.1) is 12.2 Å². The molecule has 2 heterocycles. The van der Waals surface area contributed by atoms with Crippen LogP contribution in [-0.2, 0) is 4.74 Å². The van der Waals surface area contributed by atoms with Gasteiger partial charge in [0.1, 0.15) is 0 Å². The van der Waals surface area contributed by atoms with Gasteiger partial charge in [0.25, 0.3) is 0 Å². The van der Waals surface area contributed by atoms with Crippen molar-refractivity contribution in [2.45, 2.75) is 240 Å². The van der Waals surface area contributed by atoms with E-state index in [1.165, 1.54) is 77.0 Å². The molecule has 8 aliphatic carbocycles. The Hall–Kier alpha value is 0.270. The molecule has 3 heteroatoms. The third kappa shape index (κ3) is 7.12. The lowest BCUT2D eigenvalue weighted by atomic mass is 9.62. The number of thioether (sulfide) groups is 1. The van der Waals surface area contributed by atoms with Crippen LogP contribution in [0.15, 0.2) is 0 Å². The van der Waals surface area contributed by atoms with Crippen LogP contribution in [0.2, 0.25) is 0 Å². The lowest BCUT2D eigenvalue weighted by Gasteiger charge is -2.51. The summed E-state index contributed by atoms with van der Waals surface area (Å²) in [5.74, 6) is 10.3. The van der Waals surface area contributed by atoms with Crippen molar-refractivity contribution >= 4 is 11.8 Å². The first kappa shape index (κ1) is 35.7. The van der Waals surface area contributed by atoms with Crippen LogP contribution in [0.1, 0.15) is 199 Å². The Morgan fingerprint density at radius 2 is 0.784 bits per heavy atom. The van der Waals surface area contributed by atoms with Crippen molar-refractivity contribution in [3.05, 3.63) is 0 Å². The van der Waals surface area contributed by atoms with E-state index in [2.05, 4.69) is 16.7 Å². The number of hydrogen-bond donors (Lipinski definition) is 0. The monoisotopic (exact) mass is 718 g/mol. The lowest BCUT2D eigenvalue weighted by molar-refractivity contribution is -0.0131. The Morgan fingerprint density at radius 3 is 1.39 bits per heavy atom. The third-order valence-electron chi connectivity index (χ3n) is 19.1. The van der Waals surface area contributed by atoms with Gasteiger partial charge in [0.15, 0.2) is 0 Å². The summed E-state index contributed by atoms with van der Waals surface area (Å²) in [5, 5.41) is 1.95. The van der Waals surface area contributed by atoms with Gasteiger partial charge >= 0.3 is 0 Å². The van der Waals surface area contributed by atoms with E-state index in [9.17, 15) is 0 Å². The highest BCUT2D eigenvalue weighted by Gasteiger charge is 2.60. The quantitative estimate of drug-likeness (QED) is 0.271. The van der Waals surface area contributed by atoms with E-state index >= 15 is 0 Å². The second-order valence-corrected chi connectivity index (χ2v) is 22.6. The van der Waals surface area contributed by atoms with Crippen LogP contribution in [0.5, 0.6) is 0 Å². The van der Waals surface area contributed by atoms with Crippen LogP contribution in [0.4, 0.5) is 0 Å². The van der Waals surface area contributed by atoms with Crippen LogP contribution < -0.4 is 0 Å². The van der Waals surface area contributed by atoms with E-state index < -0.39 is 0 Å². The molecule has 2 nitrogen and oxygen atoms in total. The molecule has 2 saturated heterocycles. The van der Waals surface area contributed by atoms with Crippen molar-refractivity contribution in [3.63, 3.8) is 0 Å². The Bertz CT molecular complexity index is 1070. The molecule has 0 aromatic rings. The Kier molecular flexibility index (Phi) is 11.2. The zero-order chi connectivity index (χ0) is 33.7. The summed E-state index contributed by atoms with van der Waals surface area (Å²) in [5.41, 5.74) is 0. The second kappa shape index (κ2) is 16.0. The predicted molar refractivity (Wildman–Crippen MR) is 215 cm³/mol. The summed E-state index contributed by atoms with van der Waals surface area (Å²) in [6.07, 6.45) is 48.7. The minimum Gasteiger partial charge on any atom is -0.374 e. The SMILES string of the molecule is C1CCC(C2CCC(N(C3CCC(C4CCCCC4)CC3)C3CCC(C4CCCC5C6CCC7OC8CCCCC8C7C6SC45)CC3)CC2)CC1. The lowest BCUT2D eigenvalue weighted by Crippen LogP contribution is -2.53. The van der Waals surface area contributed by atoms with Crippen molar-refractivity contribution in [2.75, 3.05) is 0 Å². The maximum atomic E-state index is 6.86. The van der Waals surface area contributed by atoms with E-state index in [-0.39, 0.29) is 0 Å². The number of hydrogen-bond acceptors (Lipinski definition) is 3. The van der Waals surface area contributed by atoms with Crippen molar-refractivity contribution in [3.8, 4) is 0 Å².